The number of halogens is 1. The third-order valence-electron chi connectivity index (χ3n) is 5.29. The minimum absolute atomic E-state index is 0.139. The highest BCUT2D eigenvalue weighted by molar-refractivity contribution is 9.10. The second-order valence-electron chi connectivity index (χ2n) is 7.19. The summed E-state index contributed by atoms with van der Waals surface area (Å²) >= 11 is 3.59. The zero-order chi connectivity index (χ0) is 21.6. The standard InChI is InChI=1S/C24H17BrN4O/c1-12-4-6-16(20(25)8-12)21-7-5-15(30-21)9-17-13(2)18(10-26)23-22(17)14(3)19(11-27)24(28)29-23/h4-9H,1-3H3,(H2,28,29)/b17-9-. The maximum atomic E-state index is 9.67. The molecule has 4 rings (SSSR count). The maximum absolute atomic E-state index is 9.67. The number of anilines is 1. The molecular formula is C24H17BrN4O. The van der Waals surface area contributed by atoms with E-state index in [4.69, 9.17) is 10.2 Å². The van der Waals surface area contributed by atoms with Crippen LogP contribution in [-0.2, 0) is 0 Å². The van der Waals surface area contributed by atoms with Crippen molar-refractivity contribution in [3.05, 3.63) is 74.1 Å². The smallest absolute Gasteiger partial charge is 0.142 e. The monoisotopic (exact) mass is 456 g/mol. The van der Waals surface area contributed by atoms with E-state index in [1.807, 2.05) is 57.2 Å². The van der Waals surface area contributed by atoms with Crippen molar-refractivity contribution < 1.29 is 4.42 Å². The zero-order valence-electron chi connectivity index (χ0n) is 16.7. The molecule has 2 N–H and O–H groups in total. The number of nitrogen functional groups attached to an aromatic ring is 1. The van der Waals surface area contributed by atoms with E-state index in [1.54, 1.807) is 0 Å². The molecule has 146 valence electrons. The molecule has 2 aromatic heterocycles. The Hall–Kier alpha value is -3.61. The molecule has 1 aliphatic carbocycles. The lowest BCUT2D eigenvalue weighted by Crippen LogP contribution is -2.03. The summed E-state index contributed by atoms with van der Waals surface area (Å²) in [6.45, 7) is 5.73. The molecule has 0 saturated heterocycles. The second-order valence-corrected chi connectivity index (χ2v) is 8.04. The number of furan rings is 1. The third kappa shape index (κ3) is 3.03. The molecule has 1 aliphatic rings. The summed E-state index contributed by atoms with van der Waals surface area (Å²) < 4.78 is 7.04. The van der Waals surface area contributed by atoms with Crippen LogP contribution in [0.2, 0.25) is 0 Å². The fraction of sp³-hybridized carbons (Fsp3) is 0.125. The Morgan fingerprint density at radius 2 is 1.87 bits per heavy atom. The van der Waals surface area contributed by atoms with E-state index in [-0.39, 0.29) is 5.82 Å². The fourth-order valence-corrected chi connectivity index (χ4v) is 4.42. The van der Waals surface area contributed by atoms with Crippen LogP contribution in [0.5, 0.6) is 0 Å². The van der Waals surface area contributed by atoms with Gasteiger partial charge in [-0.05, 0) is 73.4 Å². The molecular weight excluding hydrogens is 440 g/mol. The Balaban J connectivity index is 1.87. The van der Waals surface area contributed by atoms with Gasteiger partial charge in [0.25, 0.3) is 0 Å². The molecule has 3 aromatic rings. The molecule has 0 saturated carbocycles. The van der Waals surface area contributed by atoms with Crippen LogP contribution in [0.3, 0.4) is 0 Å². The summed E-state index contributed by atoms with van der Waals surface area (Å²) in [5, 5.41) is 19.2. The quantitative estimate of drug-likeness (QED) is 0.507. The number of fused-ring (bicyclic) bond motifs is 1. The predicted octanol–water partition coefficient (Wildman–Crippen LogP) is 6.03. The van der Waals surface area contributed by atoms with Crippen LogP contribution < -0.4 is 5.73 Å². The molecule has 0 atom stereocenters. The molecule has 0 bridgehead atoms. The van der Waals surface area contributed by atoms with Crippen LogP contribution >= 0.6 is 15.9 Å². The van der Waals surface area contributed by atoms with Crippen molar-refractivity contribution in [2.75, 3.05) is 5.73 Å². The summed E-state index contributed by atoms with van der Waals surface area (Å²) in [6.07, 6.45) is 1.89. The first-order valence-corrected chi connectivity index (χ1v) is 10.0. The Bertz CT molecular complexity index is 1360. The van der Waals surface area contributed by atoms with E-state index in [0.29, 0.717) is 28.2 Å². The number of aromatic nitrogens is 1. The Labute approximate surface area is 182 Å². The number of nitrogens with two attached hydrogens (primary N) is 1. The van der Waals surface area contributed by atoms with Gasteiger partial charge in [-0.25, -0.2) is 4.98 Å². The number of benzene rings is 1. The van der Waals surface area contributed by atoms with E-state index in [9.17, 15) is 10.5 Å². The first-order chi connectivity index (χ1) is 14.3. The normalized spacial score (nSPS) is 14.0. The highest BCUT2D eigenvalue weighted by Crippen LogP contribution is 2.44. The van der Waals surface area contributed by atoms with Crippen molar-refractivity contribution in [2.24, 2.45) is 0 Å². The molecule has 6 heteroatoms. The van der Waals surface area contributed by atoms with Gasteiger partial charge in [-0.1, -0.05) is 22.0 Å². The number of aryl methyl sites for hydroxylation is 1. The molecule has 0 amide bonds. The van der Waals surface area contributed by atoms with E-state index in [2.05, 4.69) is 33.1 Å². The van der Waals surface area contributed by atoms with Crippen molar-refractivity contribution in [1.82, 2.24) is 4.98 Å². The first-order valence-electron chi connectivity index (χ1n) is 9.26. The van der Waals surface area contributed by atoms with Crippen LogP contribution in [0.25, 0.3) is 28.5 Å². The van der Waals surface area contributed by atoms with Gasteiger partial charge in [-0.15, -0.1) is 0 Å². The van der Waals surface area contributed by atoms with Crippen molar-refractivity contribution in [1.29, 1.82) is 10.5 Å². The van der Waals surface area contributed by atoms with Crippen LogP contribution in [0, 0.1) is 36.5 Å². The number of nitriles is 2. The Morgan fingerprint density at radius 1 is 1.10 bits per heavy atom. The molecule has 1 aromatic carbocycles. The number of nitrogens with zero attached hydrogens (tertiary/aromatic N) is 3. The molecule has 0 radical (unpaired) electrons. The number of allylic oxidation sites excluding steroid dienone is 3. The molecule has 5 nitrogen and oxygen atoms in total. The highest BCUT2D eigenvalue weighted by Gasteiger charge is 2.29. The molecule has 0 unspecified atom stereocenters. The minimum atomic E-state index is 0.139. The molecule has 0 fully saturated rings. The number of rotatable bonds is 2. The first kappa shape index (κ1) is 19.7. The van der Waals surface area contributed by atoms with Crippen molar-refractivity contribution in [2.45, 2.75) is 20.8 Å². The summed E-state index contributed by atoms with van der Waals surface area (Å²) in [6, 6.07) is 14.2. The SMILES string of the molecule is CC1=C(C#N)c2nc(N)c(C#N)c(C)c2/C1=C\c1ccc(-c2ccc(C)cc2Br)o1. The van der Waals surface area contributed by atoms with Crippen LogP contribution in [0.4, 0.5) is 5.82 Å². The minimum Gasteiger partial charge on any atom is -0.457 e. The van der Waals surface area contributed by atoms with E-state index in [0.717, 1.165) is 38.1 Å². The number of hydrogen-bond donors (Lipinski definition) is 1. The lowest BCUT2D eigenvalue weighted by Gasteiger charge is -2.10. The summed E-state index contributed by atoms with van der Waals surface area (Å²) in [5.74, 6) is 1.52. The van der Waals surface area contributed by atoms with Gasteiger partial charge in [-0.2, -0.15) is 10.5 Å². The predicted molar refractivity (Wildman–Crippen MR) is 121 cm³/mol. The molecule has 30 heavy (non-hydrogen) atoms. The highest BCUT2D eigenvalue weighted by atomic mass is 79.9. The Kier molecular flexibility index (Phi) is 4.81. The zero-order valence-corrected chi connectivity index (χ0v) is 18.3. The average molecular weight is 457 g/mol. The Morgan fingerprint density at radius 3 is 2.53 bits per heavy atom. The van der Waals surface area contributed by atoms with E-state index in [1.165, 1.54) is 0 Å². The lowest BCUT2D eigenvalue weighted by molar-refractivity contribution is 0.571. The molecule has 2 heterocycles. The summed E-state index contributed by atoms with van der Waals surface area (Å²) in [7, 11) is 0. The average Bonchev–Trinajstić information content (AvgIpc) is 3.25. The van der Waals surface area contributed by atoms with Crippen LogP contribution in [-0.4, -0.2) is 4.98 Å². The van der Waals surface area contributed by atoms with Gasteiger partial charge in [0.15, 0.2) is 0 Å². The number of hydrogen-bond acceptors (Lipinski definition) is 5. The van der Waals surface area contributed by atoms with E-state index >= 15 is 0 Å². The third-order valence-corrected chi connectivity index (χ3v) is 5.94. The lowest BCUT2D eigenvalue weighted by atomic mass is 9.96. The van der Waals surface area contributed by atoms with Gasteiger partial charge >= 0.3 is 0 Å². The summed E-state index contributed by atoms with van der Waals surface area (Å²) in [5.41, 5.74) is 12.4. The van der Waals surface area contributed by atoms with Gasteiger partial charge in [-0.3, -0.25) is 0 Å². The van der Waals surface area contributed by atoms with Crippen LogP contribution in [0.1, 0.15) is 40.6 Å². The van der Waals surface area contributed by atoms with Crippen LogP contribution in [0.15, 0.2) is 44.8 Å². The van der Waals surface area contributed by atoms with Gasteiger partial charge < -0.3 is 10.2 Å². The van der Waals surface area contributed by atoms with Gasteiger partial charge in [0, 0.05) is 15.6 Å². The van der Waals surface area contributed by atoms with Crippen molar-refractivity contribution >= 4 is 39.0 Å². The maximum Gasteiger partial charge on any atom is 0.142 e. The largest absolute Gasteiger partial charge is 0.457 e. The van der Waals surface area contributed by atoms with E-state index < -0.39 is 0 Å². The summed E-state index contributed by atoms with van der Waals surface area (Å²) in [4.78, 5) is 4.35. The molecule has 0 spiro atoms. The van der Waals surface area contributed by atoms with Crippen molar-refractivity contribution in [3.8, 4) is 23.5 Å². The fourth-order valence-electron chi connectivity index (χ4n) is 3.73. The van der Waals surface area contributed by atoms with Gasteiger partial charge in [0.05, 0.1) is 16.8 Å². The number of pyridine rings is 1. The topological polar surface area (TPSA) is 99.6 Å². The second kappa shape index (κ2) is 7.33. The van der Waals surface area contributed by atoms with Gasteiger partial charge in [0.1, 0.15) is 29.5 Å². The molecule has 0 aliphatic heterocycles. The van der Waals surface area contributed by atoms with Gasteiger partial charge in [0.2, 0.25) is 0 Å². The van der Waals surface area contributed by atoms with Crippen molar-refractivity contribution in [3.63, 3.8) is 0 Å².